The summed E-state index contributed by atoms with van der Waals surface area (Å²) < 4.78 is 3.62. The third kappa shape index (κ3) is 5.03. The number of ketones is 1. The number of Topliss-reactive ketones (excluding diaryl/α,β-unsaturated/α-hetero) is 1. The number of hydrogen-bond donors (Lipinski definition) is 0. The number of nitriles is 1. The van der Waals surface area contributed by atoms with Gasteiger partial charge >= 0.3 is 0 Å². The molecule has 0 N–H and O–H groups in total. The highest BCUT2D eigenvalue weighted by molar-refractivity contribution is 7.99. The Morgan fingerprint density at radius 3 is 2.74 bits per heavy atom. The van der Waals surface area contributed by atoms with Crippen molar-refractivity contribution >= 4 is 51.0 Å². The van der Waals surface area contributed by atoms with Gasteiger partial charge in [-0.3, -0.25) is 14.2 Å². The van der Waals surface area contributed by atoms with E-state index >= 15 is 0 Å². The van der Waals surface area contributed by atoms with Crippen LogP contribution in [0.15, 0.2) is 58.6 Å². The zero-order valence-corrected chi connectivity index (χ0v) is 20.7. The van der Waals surface area contributed by atoms with E-state index in [-0.39, 0.29) is 17.1 Å². The molecule has 0 unspecified atom stereocenters. The van der Waals surface area contributed by atoms with Gasteiger partial charge in [-0.1, -0.05) is 55.4 Å². The van der Waals surface area contributed by atoms with E-state index in [0.717, 1.165) is 17.3 Å². The minimum absolute atomic E-state index is 0.0484. The lowest BCUT2D eigenvalue weighted by molar-refractivity contribution is 0.102. The molecule has 2 aromatic heterocycles. The molecular formula is C26H25ClN4O2S. The molecule has 0 fully saturated rings. The van der Waals surface area contributed by atoms with E-state index in [0.29, 0.717) is 52.1 Å². The molecule has 0 atom stereocenters. The fraction of sp³-hybridized carbons (Fsp3) is 0.308. The van der Waals surface area contributed by atoms with Crippen LogP contribution in [0.4, 0.5) is 0 Å². The second-order valence-electron chi connectivity index (χ2n) is 8.57. The van der Waals surface area contributed by atoms with Crippen molar-refractivity contribution in [3.8, 4) is 6.07 Å². The number of aromatic nitrogens is 3. The lowest BCUT2D eigenvalue weighted by atomic mass is 10.1. The van der Waals surface area contributed by atoms with Crippen molar-refractivity contribution < 1.29 is 4.79 Å². The molecule has 6 nitrogen and oxygen atoms in total. The minimum atomic E-state index is -0.120. The van der Waals surface area contributed by atoms with Crippen molar-refractivity contribution in [2.75, 3.05) is 5.75 Å². The molecule has 0 saturated carbocycles. The Morgan fingerprint density at radius 2 is 1.97 bits per heavy atom. The summed E-state index contributed by atoms with van der Waals surface area (Å²) in [7, 11) is 0. The normalized spacial score (nSPS) is 11.4. The Bertz CT molecular complexity index is 1470. The van der Waals surface area contributed by atoms with E-state index in [1.54, 1.807) is 22.8 Å². The Balaban J connectivity index is 1.67. The molecular weight excluding hydrogens is 468 g/mol. The smallest absolute Gasteiger partial charge is 0.262 e. The Labute approximate surface area is 207 Å². The molecule has 0 saturated heterocycles. The first kappa shape index (κ1) is 24.1. The van der Waals surface area contributed by atoms with Crippen LogP contribution >= 0.6 is 23.4 Å². The molecule has 0 spiro atoms. The molecule has 0 aliphatic carbocycles. The van der Waals surface area contributed by atoms with Crippen LogP contribution in [0.3, 0.4) is 0 Å². The number of fused-ring (bicyclic) bond motifs is 2. The molecule has 0 aliphatic heterocycles. The van der Waals surface area contributed by atoms with Gasteiger partial charge in [0.1, 0.15) is 0 Å². The monoisotopic (exact) mass is 492 g/mol. The first-order valence-electron chi connectivity index (χ1n) is 11.2. The van der Waals surface area contributed by atoms with Gasteiger partial charge in [0, 0.05) is 40.8 Å². The summed E-state index contributed by atoms with van der Waals surface area (Å²) in [6, 6.07) is 14.9. The number of carbonyl (C=O) groups is 1. The fourth-order valence-corrected chi connectivity index (χ4v) is 4.98. The van der Waals surface area contributed by atoms with Crippen LogP contribution in [-0.2, 0) is 13.1 Å². The summed E-state index contributed by atoms with van der Waals surface area (Å²) in [4.78, 5) is 31.2. The SMILES string of the molecule is CC(C)CCn1c(SCC(=O)c2cn(CCC#N)c3ccccc23)nc2cc(Cl)ccc2c1=O. The fourth-order valence-electron chi connectivity index (χ4n) is 3.90. The predicted molar refractivity (Wildman–Crippen MR) is 138 cm³/mol. The molecule has 0 amide bonds. The number of para-hydroxylation sites is 1. The van der Waals surface area contributed by atoms with Crippen LogP contribution in [-0.4, -0.2) is 25.7 Å². The molecule has 174 valence electrons. The van der Waals surface area contributed by atoms with Crippen LogP contribution in [0.5, 0.6) is 0 Å². The Kier molecular flexibility index (Phi) is 7.40. The van der Waals surface area contributed by atoms with Gasteiger partial charge < -0.3 is 4.57 Å². The largest absolute Gasteiger partial charge is 0.346 e. The van der Waals surface area contributed by atoms with Gasteiger partial charge in [-0.2, -0.15) is 5.26 Å². The van der Waals surface area contributed by atoms with Crippen molar-refractivity contribution in [2.45, 2.75) is 44.9 Å². The number of thioether (sulfide) groups is 1. The molecule has 2 aromatic carbocycles. The molecule has 4 rings (SSSR count). The van der Waals surface area contributed by atoms with E-state index < -0.39 is 0 Å². The third-order valence-electron chi connectivity index (χ3n) is 5.70. The Hall–Kier alpha value is -3.08. The maximum Gasteiger partial charge on any atom is 0.262 e. The van der Waals surface area contributed by atoms with E-state index in [1.165, 1.54) is 11.8 Å². The molecule has 8 heteroatoms. The van der Waals surface area contributed by atoms with E-state index in [2.05, 4.69) is 19.9 Å². The molecule has 0 bridgehead atoms. The van der Waals surface area contributed by atoms with Crippen molar-refractivity contribution in [1.82, 2.24) is 14.1 Å². The number of hydrogen-bond acceptors (Lipinski definition) is 5. The number of benzene rings is 2. The second kappa shape index (κ2) is 10.5. The first-order chi connectivity index (χ1) is 16.4. The topological polar surface area (TPSA) is 80.7 Å². The van der Waals surface area contributed by atoms with Crippen molar-refractivity contribution in [3.63, 3.8) is 0 Å². The number of aryl methyl sites for hydroxylation is 1. The summed E-state index contributed by atoms with van der Waals surface area (Å²) in [5.74, 6) is 0.520. The summed E-state index contributed by atoms with van der Waals surface area (Å²) in [5, 5.41) is 11.4. The van der Waals surface area contributed by atoms with Gasteiger partial charge in [0.15, 0.2) is 10.9 Å². The van der Waals surface area contributed by atoms with E-state index in [4.69, 9.17) is 21.8 Å². The third-order valence-corrected chi connectivity index (χ3v) is 6.91. The van der Waals surface area contributed by atoms with Gasteiger partial charge in [-0.05, 0) is 36.6 Å². The van der Waals surface area contributed by atoms with Crippen molar-refractivity contribution in [3.05, 3.63) is 69.6 Å². The summed E-state index contributed by atoms with van der Waals surface area (Å²) in [6.07, 6.45) is 3.02. The van der Waals surface area contributed by atoms with E-state index in [1.807, 2.05) is 35.0 Å². The summed E-state index contributed by atoms with van der Waals surface area (Å²) >= 11 is 7.41. The van der Waals surface area contributed by atoms with Crippen LogP contribution in [0, 0.1) is 17.2 Å². The number of rotatable bonds is 9. The maximum atomic E-state index is 13.3. The lowest BCUT2D eigenvalue weighted by Gasteiger charge is -2.14. The Morgan fingerprint density at radius 1 is 1.18 bits per heavy atom. The number of nitrogens with zero attached hydrogens (tertiary/aromatic N) is 4. The highest BCUT2D eigenvalue weighted by atomic mass is 35.5. The van der Waals surface area contributed by atoms with E-state index in [9.17, 15) is 9.59 Å². The second-order valence-corrected chi connectivity index (χ2v) is 9.95. The zero-order valence-electron chi connectivity index (χ0n) is 19.1. The molecule has 2 heterocycles. The molecule has 4 aromatic rings. The summed E-state index contributed by atoms with van der Waals surface area (Å²) in [6.45, 7) is 5.28. The minimum Gasteiger partial charge on any atom is -0.346 e. The average molecular weight is 493 g/mol. The van der Waals surface area contributed by atoms with Crippen molar-refractivity contribution in [2.24, 2.45) is 5.92 Å². The van der Waals surface area contributed by atoms with Gasteiger partial charge in [0.25, 0.3) is 5.56 Å². The molecule has 34 heavy (non-hydrogen) atoms. The van der Waals surface area contributed by atoms with Gasteiger partial charge in [-0.25, -0.2) is 4.98 Å². The number of halogens is 1. The van der Waals surface area contributed by atoms with Crippen LogP contribution in [0.25, 0.3) is 21.8 Å². The predicted octanol–water partition coefficient (Wildman–Crippen LogP) is 5.94. The lowest BCUT2D eigenvalue weighted by Crippen LogP contribution is -2.24. The maximum absolute atomic E-state index is 13.3. The summed E-state index contributed by atoms with van der Waals surface area (Å²) in [5.41, 5.74) is 1.95. The quantitative estimate of drug-likeness (QED) is 0.164. The van der Waals surface area contributed by atoms with Gasteiger partial charge in [0.05, 0.1) is 29.1 Å². The molecule has 0 radical (unpaired) electrons. The zero-order chi connectivity index (χ0) is 24.2. The van der Waals surface area contributed by atoms with Crippen molar-refractivity contribution in [1.29, 1.82) is 5.26 Å². The van der Waals surface area contributed by atoms with Crippen LogP contribution in [0.1, 0.15) is 37.0 Å². The molecule has 0 aliphatic rings. The van der Waals surface area contributed by atoms with Gasteiger partial charge in [-0.15, -0.1) is 0 Å². The van der Waals surface area contributed by atoms with Gasteiger partial charge in [0.2, 0.25) is 0 Å². The first-order valence-corrected chi connectivity index (χ1v) is 12.6. The highest BCUT2D eigenvalue weighted by Gasteiger charge is 2.18. The average Bonchev–Trinajstić information content (AvgIpc) is 3.19. The highest BCUT2D eigenvalue weighted by Crippen LogP contribution is 2.26. The van der Waals surface area contributed by atoms with Crippen LogP contribution in [0.2, 0.25) is 5.02 Å². The van der Waals surface area contributed by atoms with Crippen LogP contribution < -0.4 is 5.56 Å². The number of carbonyl (C=O) groups excluding carboxylic acids is 1. The standard InChI is InChI=1S/C26H25ClN4O2S/c1-17(2)10-13-31-25(33)20-9-8-18(27)14-22(20)29-26(31)34-16-24(32)21-15-30(12-5-11-28)23-7-4-3-6-19(21)23/h3-4,6-9,14-15,17H,5,10,12-13,16H2,1-2H3.